The van der Waals surface area contributed by atoms with Crippen LogP contribution in [0.2, 0.25) is 0 Å². The summed E-state index contributed by atoms with van der Waals surface area (Å²) in [5.74, 6) is -0.935. The zero-order chi connectivity index (χ0) is 23.3. The molecule has 3 aromatic rings. The van der Waals surface area contributed by atoms with E-state index in [1.807, 2.05) is 45.0 Å². The molecule has 168 valence electrons. The van der Waals surface area contributed by atoms with Crippen molar-refractivity contribution in [1.29, 1.82) is 0 Å². The number of H-pyrrole nitrogens is 1. The number of hydrogen-bond acceptors (Lipinski definition) is 3. The van der Waals surface area contributed by atoms with Crippen molar-refractivity contribution in [2.75, 3.05) is 11.9 Å². The summed E-state index contributed by atoms with van der Waals surface area (Å²) in [5.41, 5.74) is 4.88. The molecule has 0 radical (unpaired) electrons. The minimum atomic E-state index is -0.505. The number of aryl methyl sites for hydroxylation is 2. The highest BCUT2D eigenvalue weighted by Crippen LogP contribution is 2.23. The Kier molecular flexibility index (Phi) is 7.30. The summed E-state index contributed by atoms with van der Waals surface area (Å²) in [5, 5.41) is 2.66. The number of aromatic nitrogens is 1. The number of carbonyl (C=O) groups is 2. The van der Waals surface area contributed by atoms with Gasteiger partial charge in [-0.2, -0.15) is 0 Å². The SMILES string of the molecule is CCOC(=O)c1[nH]c(C)c(CN(Cc2ccc(C)cc2)C(=O)Nc2ccccc2F)c1C. The number of esters is 1. The second kappa shape index (κ2) is 10.1. The van der Waals surface area contributed by atoms with Gasteiger partial charge in [0, 0.05) is 18.8 Å². The number of anilines is 1. The van der Waals surface area contributed by atoms with E-state index in [9.17, 15) is 14.0 Å². The highest BCUT2D eigenvalue weighted by Gasteiger charge is 2.23. The van der Waals surface area contributed by atoms with Crippen LogP contribution in [0.1, 0.15) is 45.4 Å². The summed E-state index contributed by atoms with van der Waals surface area (Å²) in [7, 11) is 0. The van der Waals surface area contributed by atoms with E-state index in [4.69, 9.17) is 4.74 Å². The van der Waals surface area contributed by atoms with Gasteiger partial charge in [0.2, 0.25) is 0 Å². The number of benzene rings is 2. The molecule has 0 aliphatic carbocycles. The molecule has 1 aromatic heterocycles. The number of carbonyl (C=O) groups excluding carboxylic acids is 2. The number of para-hydroxylation sites is 1. The van der Waals surface area contributed by atoms with Crippen LogP contribution in [0.4, 0.5) is 14.9 Å². The first-order valence-electron chi connectivity index (χ1n) is 10.5. The van der Waals surface area contributed by atoms with Gasteiger partial charge in [-0.3, -0.25) is 0 Å². The third-order valence-corrected chi connectivity index (χ3v) is 5.32. The summed E-state index contributed by atoms with van der Waals surface area (Å²) in [6, 6.07) is 13.5. The smallest absolute Gasteiger partial charge is 0.355 e. The Morgan fingerprint density at radius 3 is 2.38 bits per heavy atom. The summed E-state index contributed by atoms with van der Waals surface area (Å²) in [6.45, 7) is 8.25. The Hall–Kier alpha value is -3.61. The molecule has 7 heteroatoms. The molecular formula is C25H28FN3O3. The van der Waals surface area contributed by atoms with Gasteiger partial charge < -0.3 is 19.9 Å². The van der Waals surface area contributed by atoms with Crippen molar-refractivity contribution in [3.05, 3.63) is 88.0 Å². The Balaban J connectivity index is 1.90. The van der Waals surface area contributed by atoms with Gasteiger partial charge in [-0.25, -0.2) is 14.0 Å². The molecule has 6 nitrogen and oxygen atoms in total. The van der Waals surface area contributed by atoms with Gasteiger partial charge in [-0.1, -0.05) is 42.0 Å². The molecule has 0 fully saturated rings. The van der Waals surface area contributed by atoms with E-state index in [0.717, 1.165) is 27.9 Å². The van der Waals surface area contributed by atoms with Gasteiger partial charge in [0.05, 0.1) is 12.3 Å². The lowest BCUT2D eigenvalue weighted by Gasteiger charge is -2.24. The van der Waals surface area contributed by atoms with Gasteiger partial charge in [-0.15, -0.1) is 0 Å². The van der Waals surface area contributed by atoms with Crippen LogP contribution < -0.4 is 5.32 Å². The van der Waals surface area contributed by atoms with Crippen LogP contribution in [0, 0.1) is 26.6 Å². The van der Waals surface area contributed by atoms with Crippen LogP contribution in [0.3, 0.4) is 0 Å². The molecular weight excluding hydrogens is 409 g/mol. The van der Waals surface area contributed by atoms with Gasteiger partial charge in [0.1, 0.15) is 11.5 Å². The van der Waals surface area contributed by atoms with Crippen molar-refractivity contribution in [3.63, 3.8) is 0 Å². The van der Waals surface area contributed by atoms with Gasteiger partial charge in [0.15, 0.2) is 0 Å². The average Bonchev–Trinajstić information content (AvgIpc) is 3.04. The number of ether oxygens (including phenoxy) is 1. The third kappa shape index (κ3) is 5.35. The second-order valence-electron chi connectivity index (χ2n) is 7.70. The summed E-state index contributed by atoms with van der Waals surface area (Å²) in [6.07, 6.45) is 0. The standard InChI is InChI=1S/C25H28FN3O3/c1-5-32-24(30)23-17(3)20(18(4)27-23)15-29(14-19-12-10-16(2)11-13-19)25(31)28-22-9-7-6-8-21(22)26/h6-13,27H,5,14-15H2,1-4H3,(H,28,31). The second-order valence-corrected chi connectivity index (χ2v) is 7.70. The number of amides is 2. The molecule has 2 N–H and O–H groups in total. The maximum atomic E-state index is 14.1. The van der Waals surface area contributed by atoms with E-state index in [2.05, 4.69) is 10.3 Å². The number of rotatable bonds is 7. The quantitative estimate of drug-likeness (QED) is 0.480. The molecule has 0 unspecified atom stereocenters. The van der Waals surface area contributed by atoms with Crippen molar-refractivity contribution in [1.82, 2.24) is 9.88 Å². The molecule has 0 atom stereocenters. The van der Waals surface area contributed by atoms with Crippen LogP contribution in [0.15, 0.2) is 48.5 Å². The molecule has 3 rings (SSSR count). The maximum absolute atomic E-state index is 14.1. The molecule has 0 spiro atoms. The predicted octanol–water partition coefficient (Wildman–Crippen LogP) is 5.49. The molecule has 2 amide bonds. The summed E-state index contributed by atoms with van der Waals surface area (Å²) < 4.78 is 19.2. The van der Waals surface area contributed by atoms with E-state index in [-0.39, 0.29) is 18.8 Å². The van der Waals surface area contributed by atoms with Crippen molar-refractivity contribution in [2.24, 2.45) is 0 Å². The van der Waals surface area contributed by atoms with Crippen LogP contribution in [-0.2, 0) is 17.8 Å². The molecule has 0 bridgehead atoms. The Morgan fingerprint density at radius 1 is 1.03 bits per heavy atom. The number of aromatic amines is 1. The molecule has 32 heavy (non-hydrogen) atoms. The zero-order valence-corrected chi connectivity index (χ0v) is 18.8. The van der Waals surface area contributed by atoms with E-state index in [0.29, 0.717) is 12.2 Å². The minimum Gasteiger partial charge on any atom is -0.461 e. The number of nitrogens with one attached hydrogen (secondary N) is 2. The first kappa shape index (κ1) is 23.1. The number of urea groups is 1. The zero-order valence-electron chi connectivity index (χ0n) is 18.8. The molecule has 2 aromatic carbocycles. The van der Waals surface area contributed by atoms with Gasteiger partial charge in [0.25, 0.3) is 0 Å². The number of nitrogens with zero attached hydrogens (tertiary/aromatic N) is 1. The normalized spacial score (nSPS) is 10.7. The maximum Gasteiger partial charge on any atom is 0.355 e. The monoisotopic (exact) mass is 437 g/mol. The highest BCUT2D eigenvalue weighted by atomic mass is 19.1. The van der Waals surface area contributed by atoms with Crippen LogP contribution in [0.25, 0.3) is 0 Å². The average molecular weight is 438 g/mol. The van der Waals surface area contributed by atoms with Gasteiger partial charge >= 0.3 is 12.0 Å². The molecule has 1 heterocycles. The van der Waals surface area contributed by atoms with Crippen LogP contribution in [-0.4, -0.2) is 28.5 Å². The first-order valence-corrected chi connectivity index (χ1v) is 10.5. The lowest BCUT2D eigenvalue weighted by Crippen LogP contribution is -2.34. The minimum absolute atomic E-state index is 0.112. The molecule has 0 aliphatic rings. The molecule has 0 aliphatic heterocycles. The van der Waals surface area contributed by atoms with Crippen molar-refractivity contribution in [2.45, 2.75) is 40.8 Å². The first-order chi connectivity index (χ1) is 15.3. The van der Waals surface area contributed by atoms with Crippen molar-refractivity contribution in [3.8, 4) is 0 Å². The highest BCUT2D eigenvalue weighted by molar-refractivity contribution is 5.91. The largest absolute Gasteiger partial charge is 0.461 e. The lowest BCUT2D eigenvalue weighted by atomic mass is 10.1. The Labute approximate surface area is 187 Å². The Bertz CT molecular complexity index is 1110. The van der Waals surface area contributed by atoms with E-state index >= 15 is 0 Å². The molecule has 0 saturated heterocycles. The fourth-order valence-electron chi connectivity index (χ4n) is 3.49. The number of hydrogen-bond donors (Lipinski definition) is 2. The fourth-order valence-corrected chi connectivity index (χ4v) is 3.49. The van der Waals surface area contributed by atoms with Crippen molar-refractivity contribution >= 4 is 17.7 Å². The third-order valence-electron chi connectivity index (χ3n) is 5.32. The number of halogens is 1. The van der Waals surface area contributed by atoms with Crippen LogP contribution >= 0.6 is 0 Å². The van der Waals surface area contributed by atoms with E-state index in [1.54, 1.807) is 24.0 Å². The summed E-state index contributed by atoms with van der Waals surface area (Å²) >= 11 is 0. The van der Waals surface area contributed by atoms with Crippen LogP contribution in [0.5, 0.6) is 0 Å². The van der Waals surface area contributed by atoms with E-state index in [1.165, 1.54) is 12.1 Å². The molecule has 0 saturated carbocycles. The van der Waals surface area contributed by atoms with Crippen molar-refractivity contribution < 1.29 is 18.7 Å². The fraction of sp³-hybridized carbons (Fsp3) is 0.280. The van der Waals surface area contributed by atoms with Gasteiger partial charge in [-0.05, 0) is 56.5 Å². The lowest BCUT2D eigenvalue weighted by molar-refractivity contribution is 0.0519. The predicted molar refractivity (Wildman–Crippen MR) is 122 cm³/mol. The van der Waals surface area contributed by atoms with E-state index < -0.39 is 17.8 Å². The summed E-state index contributed by atoms with van der Waals surface area (Å²) in [4.78, 5) is 30.1. The topological polar surface area (TPSA) is 74.4 Å². The Morgan fingerprint density at radius 2 is 1.72 bits per heavy atom.